The molecule has 1 N–H and O–H groups in total. The van der Waals surface area contributed by atoms with Gasteiger partial charge < -0.3 is 15.0 Å². The van der Waals surface area contributed by atoms with Crippen LogP contribution in [0.2, 0.25) is 0 Å². The van der Waals surface area contributed by atoms with E-state index in [2.05, 4.69) is 11.4 Å². The predicted molar refractivity (Wildman–Crippen MR) is 95.0 cm³/mol. The first kappa shape index (κ1) is 17.0. The van der Waals surface area contributed by atoms with Crippen molar-refractivity contribution in [2.45, 2.75) is 25.9 Å². The first-order valence-corrected chi connectivity index (χ1v) is 8.40. The minimum atomic E-state index is -0.269. The number of carbonyl (C=O) groups excluding carboxylic acids is 2. The second-order valence-corrected chi connectivity index (χ2v) is 6.10. The van der Waals surface area contributed by atoms with Crippen LogP contribution in [-0.2, 0) is 29.1 Å². The van der Waals surface area contributed by atoms with E-state index >= 15 is 0 Å². The van der Waals surface area contributed by atoms with Crippen LogP contribution in [0.1, 0.15) is 23.1 Å². The van der Waals surface area contributed by atoms with Crippen molar-refractivity contribution >= 4 is 11.8 Å². The van der Waals surface area contributed by atoms with Gasteiger partial charge in [-0.25, -0.2) is 0 Å². The number of methoxy groups -OCH3 is 1. The molecule has 0 saturated heterocycles. The molecule has 0 atom stereocenters. The van der Waals surface area contributed by atoms with Crippen LogP contribution in [0.15, 0.2) is 48.5 Å². The average molecular weight is 338 g/mol. The lowest BCUT2D eigenvalue weighted by atomic mass is 10.00. The van der Waals surface area contributed by atoms with Gasteiger partial charge in [-0.3, -0.25) is 9.59 Å². The summed E-state index contributed by atoms with van der Waals surface area (Å²) in [4.78, 5) is 26.3. The number of nitrogens with one attached hydrogen (secondary N) is 1. The van der Waals surface area contributed by atoms with Gasteiger partial charge >= 0.3 is 0 Å². The zero-order valence-electron chi connectivity index (χ0n) is 14.3. The van der Waals surface area contributed by atoms with Crippen molar-refractivity contribution in [3.8, 4) is 5.75 Å². The Hall–Kier alpha value is -2.82. The molecule has 5 nitrogen and oxygen atoms in total. The number of benzene rings is 2. The van der Waals surface area contributed by atoms with Crippen molar-refractivity contribution in [3.05, 3.63) is 65.2 Å². The quantitative estimate of drug-likeness (QED) is 0.851. The van der Waals surface area contributed by atoms with Gasteiger partial charge in [-0.15, -0.1) is 0 Å². The number of para-hydroxylation sites is 1. The molecule has 0 bridgehead atoms. The van der Waals surface area contributed by atoms with Gasteiger partial charge in [-0.05, 0) is 23.6 Å². The number of rotatable bonds is 5. The summed E-state index contributed by atoms with van der Waals surface area (Å²) < 4.78 is 5.26. The molecule has 0 aliphatic carbocycles. The summed E-state index contributed by atoms with van der Waals surface area (Å²) in [6.07, 6.45) is 0.710. The number of amides is 2. The van der Waals surface area contributed by atoms with Crippen molar-refractivity contribution in [1.29, 1.82) is 0 Å². The Kier molecular flexibility index (Phi) is 5.33. The Morgan fingerprint density at radius 1 is 1.08 bits per heavy atom. The van der Waals surface area contributed by atoms with Crippen LogP contribution in [-0.4, -0.2) is 30.4 Å². The number of ether oxygens (including phenoxy) is 1. The largest absolute Gasteiger partial charge is 0.496 e. The lowest BCUT2D eigenvalue weighted by Gasteiger charge is -2.28. The molecule has 2 aromatic carbocycles. The molecule has 130 valence electrons. The summed E-state index contributed by atoms with van der Waals surface area (Å²) in [5, 5.41) is 2.80. The third-order valence-corrected chi connectivity index (χ3v) is 4.46. The van der Waals surface area contributed by atoms with Gasteiger partial charge in [0.2, 0.25) is 11.8 Å². The molecule has 1 heterocycles. The second-order valence-electron chi connectivity index (χ2n) is 6.10. The monoisotopic (exact) mass is 338 g/mol. The van der Waals surface area contributed by atoms with Crippen molar-refractivity contribution in [3.63, 3.8) is 0 Å². The van der Waals surface area contributed by atoms with Crippen LogP contribution < -0.4 is 10.1 Å². The predicted octanol–water partition coefficient (Wildman–Crippen LogP) is 2.29. The molecule has 2 aromatic rings. The van der Waals surface area contributed by atoms with Crippen LogP contribution in [0.3, 0.4) is 0 Å². The maximum absolute atomic E-state index is 12.4. The maximum Gasteiger partial charge on any atom is 0.232 e. The van der Waals surface area contributed by atoms with Crippen LogP contribution >= 0.6 is 0 Å². The SMILES string of the molecule is COc1ccccc1CNC(=O)CC(=O)N1CCc2ccccc2C1. The Labute approximate surface area is 147 Å². The van der Waals surface area contributed by atoms with Gasteiger partial charge in [-0.1, -0.05) is 42.5 Å². The smallest absolute Gasteiger partial charge is 0.232 e. The van der Waals surface area contributed by atoms with E-state index in [1.54, 1.807) is 12.0 Å². The Morgan fingerprint density at radius 3 is 2.60 bits per heavy atom. The molecule has 1 aliphatic rings. The van der Waals surface area contributed by atoms with E-state index in [4.69, 9.17) is 4.74 Å². The first-order valence-electron chi connectivity index (χ1n) is 8.40. The van der Waals surface area contributed by atoms with E-state index in [9.17, 15) is 9.59 Å². The van der Waals surface area contributed by atoms with Crippen molar-refractivity contribution < 1.29 is 14.3 Å². The fourth-order valence-corrected chi connectivity index (χ4v) is 3.06. The van der Waals surface area contributed by atoms with Crippen molar-refractivity contribution in [2.24, 2.45) is 0 Å². The Morgan fingerprint density at radius 2 is 1.80 bits per heavy atom. The fraction of sp³-hybridized carbons (Fsp3) is 0.300. The molecule has 0 aromatic heterocycles. The molecule has 0 fully saturated rings. The maximum atomic E-state index is 12.4. The summed E-state index contributed by atoms with van der Waals surface area (Å²) in [7, 11) is 1.60. The molecule has 3 rings (SSSR count). The minimum absolute atomic E-state index is 0.128. The number of fused-ring (bicyclic) bond motifs is 1. The third kappa shape index (κ3) is 4.18. The molecular weight excluding hydrogens is 316 g/mol. The highest BCUT2D eigenvalue weighted by molar-refractivity contribution is 5.96. The standard InChI is InChI=1S/C20H22N2O3/c1-25-18-9-5-4-7-16(18)13-21-19(23)12-20(24)22-11-10-15-6-2-3-8-17(15)14-22/h2-9H,10-14H2,1H3,(H,21,23). The number of hydrogen-bond acceptors (Lipinski definition) is 3. The van der Waals surface area contributed by atoms with Crippen LogP contribution in [0.4, 0.5) is 0 Å². The van der Waals surface area contributed by atoms with Crippen molar-refractivity contribution in [1.82, 2.24) is 10.2 Å². The molecule has 0 spiro atoms. The zero-order valence-corrected chi connectivity index (χ0v) is 14.3. The van der Waals surface area contributed by atoms with E-state index in [1.807, 2.05) is 42.5 Å². The Bertz CT molecular complexity index is 773. The zero-order chi connectivity index (χ0) is 17.6. The number of hydrogen-bond donors (Lipinski definition) is 1. The summed E-state index contributed by atoms with van der Waals surface area (Å²) in [6, 6.07) is 15.6. The highest BCUT2D eigenvalue weighted by Crippen LogP contribution is 2.19. The van der Waals surface area contributed by atoms with Crippen LogP contribution in [0.25, 0.3) is 0 Å². The van der Waals surface area contributed by atoms with E-state index in [-0.39, 0.29) is 18.2 Å². The Balaban J connectivity index is 1.52. The third-order valence-electron chi connectivity index (χ3n) is 4.46. The molecule has 0 saturated carbocycles. The highest BCUT2D eigenvalue weighted by Gasteiger charge is 2.22. The van der Waals surface area contributed by atoms with E-state index < -0.39 is 0 Å². The molecule has 25 heavy (non-hydrogen) atoms. The highest BCUT2D eigenvalue weighted by atomic mass is 16.5. The van der Waals surface area contributed by atoms with Gasteiger partial charge in [0.1, 0.15) is 12.2 Å². The molecular formula is C20H22N2O3. The summed E-state index contributed by atoms with van der Waals surface area (Å²) in [6.45, 7) is 1.59. The van der Waals surface area contributed by atoms with Gasteiger partial charge in [0.15, 0.2) is 0 Å². The van der Waals surface area contributed by atoms with E-state index in [1.165, 1.54) is 5.56 Å². The topological polar surface area (TPSA) is 58.6 Å². The van der Waals surface area contributed by atoms with Gasteiger partial charge in [-0.2, -0.15) is 0 Å². The lowest BCUT2D eigenvalue weighted by molar-refractivity contribution is -0.136. The average Bonchev–Trinajstić information content (AvgIpc) is 2.66. The number of carbonyl (C=O) groups is 2. The second kappa shape index (κ2) is 7.83. The van der Waals surface area contributed by atoms with Crippen LogP contribution in [0.5, 0.6) is 5.75 Å². The first-order chi connectivity index (χ1) is 12.2. The van der Waals surface area contributed by atoms with E-state index in [0.717, 1.165) is 23.3 Å². The molecule has 5 heteroatoms. The van der Waals surface area contributed by atoms with Crippen molar-refractivity contribution in [2.75, 3.05) is 13.7 Å². The normalized spacial score (nSPS) is 13.1. The summed E-state index contributed by atoms with van der Waals surface area (Å²) >= 11 is 0. The van der Waals surface area contributed by atoms with Gasteiger partial charge in [0, 0.05) is 25.2 Å². The minimum Gasteiger partial charge on any atom is -0.496 e. The molecule has 0 radical (unpaired) electrons. The van der Waals surface area contributed by atoms with Crippen LogP contribution in [0, 0.1) is 0 Å². The van der Waals surface area contributed by atoms with E-state index in [0.29, 0.717) is 19.6 Å². The summed E-state index contributed by atoms with van der Waals surface area (Å²) in [5.41, 5.74) is 3.33. The van der Waals surface area contributed by atoms with Gasteiger partial charge in [0.05, 0.1) is 7.11 Å². The number of nitrogens with zero attached hydrogens (tertiary/aromatic N) is 1. The summed E-state index contributed by atoms with van der Waals surface area (Å²) in [5.74, 6) is 0.323. The molecule has 2 amide bonds. The lowest BCUT2D eigenvalue weighted by Crippen LogP contribution is -2.38. The molecule has 1 aliphatic heterocycles. The molecule has 0 unspecified atom stereocenters. The fourth-order valence-electron chi connectivity index (χ4n) is 3.06. The van der Waals surface area contributed by atoms with Gasteiger partial charge in [0.25, 0.3) is 0 Å².